The molecule has 0 radical (unpaired) electrons. The van der Waals surface area contributed by atoms with Crippen LogP contribution in [0.4, 0.5) is 5.69 Å². The van der Waals surface area contributed by atoms with Crippen LogP contribution in [0.25, 0.3) is 0 Å². The van der Waals surface area contributed by atoms with E-state index in [0.29, 0.717) is 11.5 Å². The van der Waals surface area contributed by atoms with E-state index in [1.54, 1.807) is 24.3 Å². The summed E-state index contributed by atoms with van der Waals surface area (Å²) in [5.74, 6) is 0.797. The van der Waals surface area contributed by atoms with Gasteiger partial charge in [0.15, 0.2) is 11.5 Å². The highest BCUT2D eigenvalue weighted by molar-refractivity contribution is 5.46. The number of pyridine rings is 1. The Morgan fingerprint density at radius 1 is 1.17 bits per heavy atom. The van der Waals surface area contributed by atoms with Gasteiger partial charge in [-0.05, 0) is 18.2 Å². The number of methoxy groups -OCH3 is 1. The van der Waals surface area contributed by atoms with E-state index in [4.69, 9.17) is 9.47 Å². The molecule has 0 bridgehead atoms. The van der Waals surface area contributed by atoms with Crippen LogP contribution in [-0.4, -0.2) is 17.0 Å². The number of ether oxygens (including phenoxy) is 2. The molecule has 0 N–H and O–H groups in total. The fourth-order valence-corrected chi connectivity index (χ4v) is 1.41. The van der Waals surface area contributed by atoms with Crippen molar-refractivity contribution in [3.8, 4) is 17.4 Å². The van der Waals surface area contributed by atoms with Crippen molar-refractivity contribution in [3.05, 3.63) is 52.7 Å². The topological polar surface area (TPSA) is 74.5 Å². The average molecular weight is 246 g/mol. The Hall–Kier alpha value is -2.63. The summed E-state index contributed by atoms with van der Waals surface area (Å²) in [5, 5.41) is 10.8. The molecule has 18 heavy (non-hydrogen) atoms. The van der Waals surface area contributed by atoms with Gasteiger partial charge in [-0.2, -0.15) is 0 Å². The molecule has 0 aliphatic carbocycles. The third-order valence-corrected chi connectivity index (χ3v) is 2.22. The maximum atomic E-state index is 10.8. The summed E-state index contributed by atoms with van der Waals surface area (Å²) in [6.45, 7) is 0. The van der Waals surface area contributed by atoms with Crippen LogP contribution < -0.4 is 9.47 Å². The van der Waals surface area contributed by atoms with Crippen molar-refractivity contribution in [2.24, 2.45) is 0 Å². The Kier molecular flexibility index (Phi) is 3.38. The van der Waals surface area contributed by atoms with Crippen molar-refractivity contribution in [3.63, 3.8) is 0 Å². The number of aromatic nitrogens is 1. The molecule has 0 fully saturated rings. The molecule has 0 aliphatic heterocycles. The molecule has 0 spiro atoms. The standard InChI is InChI=1S/C12H10N2O4/c1-17-10-6-2-3-7-11(10)18-12-9(14(15)16)5-4-8-13-12/h2-8H,1H3. The molecule has 0 aliphatic rings. The first-order valence-corrected chi connectivity index (χ1v) is 5.12. The van der Waals surface area contributed by atoms with Gasteiger partial charge in [0, 0.05) is 12.3 Å². The molecule has 92 valence electrons. The van der Waals surface area contributed by atoms with E-state index in [1.165, 1.54) is 25.4 Å². The molecule has 6 heteroatoms. The molecule has 6 nitrogen and oxygen atoms in total. The first-order chi connectivity index (χ1) is 8.72. The largest absolute Gasteiger partial charge is 0.493 e. The van der Waals surface area contributed by atoms with E-state index in [9.17, 15) is 10.1 Å². The van der Waals surface area contributed by atoms with E-state index < -0.39 is 4.92 Å². The van der Waals surface area contributed by atoms with Gasteiger partial charge in [0.25, 0.3) is 5.88 Å². The summed E-state index contributed by atoms with van der Waals surface area (Å²) < 4.78 is 10.5. The smallest absolute Gasteiger partial charge is 0.331 e. The highest BCUT2D eigenvalue weighted by Crippen LogP contribution is 2.33. The summed E-state index contributed by atoms with van der Waals surface area (Å²) in [6, 6.07) is 9.68. The van der Waals surface area contributed by atoms with Gasteiger partial charge in [0.1, 0.15) is 0 Å². The van der Waals surface area contributed by atoms with Gasteiger partial charge in [-0.25, -0.2) is 4.98 Å². The fourth-order valence-electron chi connectivity index (χ4n) is 1.41. The van der Waals surface area contributed by atoms with Crippen LogP contribution in [0.5, 0.6) is 17.4 Å². The SMILES string of the molecule is COc1ccccc1Oc1ncccc1[N+](=O)[O-]. The molecule has 1 heterocycles. The molecule has 2 rings (SSSR count). The zero-order valence-corrected chi connectivity index (χ0v) is 9.57. The Morgan fingerprint density at radius 2 is 1.89 bits per heavy atom. The monoisotopic (exact) mass is 246 g/mol. The van der Waals surface area contributed by atoms with Crippen LogP contribution in [0.2, 0.25) is 0 Å². The Balaban J connectivity index is 2.37. The number of hydrogen-bond donors (Lipinski definition) is 0. The molecule has 1 aromatic carbocycles. The van der Waals surface area contributed by atoms with Gasteiger partial charge in [0.2, 0.25) is 0 Å². The van der Waals surface area contributed by atoms with E-state index in [0.717, 1.165) is 0 Å². The zero-order valence-electron chi connectivity index (χ0n) is 9.57. The lowest BCUT2D eigenvalue weighted by Crippen LogP contribution is -1.96. The number of rotatable bonds is 4. The Bertz CT molecular complexity index is 572. The molecule has 0 saturated carbocycles. The first kappa shape index (κ1) is 11.8. The predicted molar refractivity (Wildman–Crippen MR) is 64.0 cm³/mol. The quantitative estimate of drug-likeness (QED) is 0.612. The normalized spacial score (nSPS) is 9.83. The zero-order chi connectivity index (χ0) is 13.0. The summed E-state index contributed by atoms with van der Waals surface area (Å²) in [5.41, 5.74) is -0.191. The second-order valence-corrected chi connectivity index (χ2v) is 3.34. The highest BCUT2D eigenvalue weighted by Gasteiger charge is 2.17. The van der Waals surface area contributed by atoms with Crippen LogP contribution in [0.1, 0.15) is 0 Å². The minimum atomic E-state index is -0.544. The van der Waals surface area contributed by atoms with E-state index in [1.807, 2.05) is 0 Å². The number of para-hydroxylation sites is 2. The third kappa shape index (κ3) is 2.37. The Labute approximate surface area is 103 Å². The van der Waals surface area contributed by atoms with Gasteiger partial charge in [-0.15, -0.1) is 0 Å². The minimum Gasteiger partial charge on any atom is -0.493 e. The predicted octanol–water partition coefficient (Wildman–Crippen LogP) is 2.79. The number of nitrogens with zero attached hydrogens (tertiary/aromatic N) is 2. The van der Waals surface area contributed by atoms with E-state index in [-0.39, 0.29) is 11.6 Å². The van der Waals surface area contributed by atoms with Crippen LogP contribution in [0.15, 0.2) is 42.6 Å². The summed E-state index contributed by atoms with van der Waals surface area (Å²) in [6.07, 6.45) is 1.43. The van der Waals surface area contributed by atoms with Crippen LogP contribution in [0.3, 0.4) is 0 Å². The van der Waals surface area contributed by atoms with Crippen molar-refractivity contribution in [1.29, 1.82) is 0 Å². The lowest BCUT2D eigenvalue weighted by Gasteiger charge is -2.08. The van der Waals surface area contributed by atoms with E-state index in [2.05, 4.69) is 4.98 Å². The molecular formula is C12H10N2O4. The average Bonchev–Trinajstić information content (AvgIpc) is 2.40. The van der Waals surface area contributed by atoms with Gasteiger partial charge in [-0.1, -0.05) is 12.1 Å². The van der Waals surface area contributed by atoms with Crippen molar-refractivity contribution in [1.82, 2.24) is 4.98 Å². The van der Waals surface area contributed by atoms with Crippen LogP contribution in [0, 0.1) is 10.1 Å². The van der Waals surface area contributed by atoms with Crippen molar-refractivity contribution >= 4 is 5.69 Å². The lowest BCUT2D eigenvalue weighted by atomic mass is 10.3. The molecule has 0 amide bonds. The number of benzene rings is 1. The second-order valence-electron chi connectivity index (χ2n) is 3.34. The molecule has 1 aromatic heterocycles. The lowest BCUT2D eigenvalue weighted by molar-refractivity contribution is -0.386. The summed E-state index contributed by atoms with van der Waals surface area (Å²) in [4.78, 5) is 14.1. The first-order valence-electron chi connectivity index (χ1n) is 5.12. The van der Waals surface area contributed by atoms with Gasteiger partial charge < -0.3 is 9.47 Å². The molecule has 0 unspecified atom stereocenters. The van der Waals surface area contributed by atoms with Crippen LogP contribution >= 0.6 is 0 Å². The second kappa shape index (κ2) is 5.13. The molecular weight excluding hydrogens is 236 g/mol. The summed E-state index contributed by atoms with van der Waals surface area (Å²) in [7, 11) is 1.50. The van der Waals surface area contributed by atoms with Gasteiger partial charge >= 0.3 is 5.69 Å². The molecule has 0 saturated heterocycles. The maximum Gasteiger partial charge on any atom is 0.331 e. The van der Waals surface area contributed by atoms with Gasteiger partial charge in [-0.3, -0.25) is 10.1 Å². The molecule has 2 aromatic rings. The molecule has 0 atom stereocenters. The van der Waals surface area contributed by atoms with Gasteiger partial charge in [0.05, 0.1) is 12.0 Å². The van der Waals surface area contributed by atoms with E-state index >= 15 is 0 Å². The highest BCUT2D eigenvalue weighted by atomic mass is 16.6. The van der Waals surface area contributed by atoms with Crippen LogP contribution in [-0.2, 0) is 0 Å². The maximum absolute atomic E-state index is 10.8. The van der Waals surface area contributed by atoms with Crippen molar-refractivity contribution in [2.45, 2.75) is 0 Å². The number of nitro groups is 1. The number of hydrogen-bond acceptors (Lipinski definition) is 5. The summed E-state index contributed by atoms with van der Waals surface area (Å²) >= 11 is 0. The minimum absolute atomic E-state index is 0.0630. The van der Waals surface area contributed by atoms with Crippen molar-refractivity contribution in [2.75, 3.05) is 7.11 Å². The third-order valence-electron chi connectivity index (χ3n) is 2.22. The Morgan fingerprint density at radius 3 is 2.56 bits per heavy atom. The fraction of sp³-hybridized carbons (Fsp3) is 0.0833. The van der Waals surface area contributed by atoms with Crippen molar-refractivity contribution < 1.29 is 14.4 Å².